The molecule has 0 aromatic heterocycles. The van der Waals surface area contributed by atoms with E-state index in [4.69, 9.17) is 0 Å². The van der Waals surface area contributed by atoms with Crippen LogP contribution in [0.15, 0.2) is 66.4 Å². The van der Waals surface area contributed by atoms with Gasteiger partial charge in [0.1, 0.15) is 0 Å². The van der Waals surface area contributed by atoms with Gasteiger partial charge in [-0.1, -0.05) is 89.7 Å². The van der Waals surface area contributed by atoms with Crippen molar-refractivity contribution in [1.29, 1.82) is 0 Å². The minimum Gasteiger partial charge on any atom is -1.00 e. The maximum absolute atomic E-state index is 3.53. The smallest absolute Gasteiger partial charge is 0.0231 e. The van der Waals surface area contributed by atoms with Crippen molar-refractivity contribution in [2.24, 2.45) is 0 Å². The van der Waals surface area contributed by atoms with Gasteiger partial charge in [-0.15, -0.1) is 56.9 Å². The Labute approximate surface area is 240 Å². The normalized spacial score (nSPS) is 9.67. The van der Waals surface area contributed by atoms with Gasteiger partial charge in [0.15, 0.2) is 0 Å². The second-order valence-electron chi connectivity index (χ2n) is 6.85. The average molecular weight is 794 g/mol. The molecule has 0 bridgehead atoms. The third kappa shape index (κ3) is 9.63. The maximum atomic E-state index is 3.53. The first-order valence-electron chi connectivity index (χ1n) is 8.62. The monoisotopic (exact) mass is 788 g/mol. The molecule has 0 atom stereocenters. The van der Waals surface area contributed by atoms with Gasteiger partial charge >= 0.3 is 41.9 Å². The van der Waals surface area contributed by atoms with Crippen LogP contribution in [0.1, 0.15) is 11.1 Å². The zero-order chi connectivity index (χ0) is 21.0. The van der Waals surface area contributed by atoms with Gasteiger partial charge in [-0.3, -0.25) is 0 Å². The Hall–Kier alpha value is 1.26. The predicted molar refractivity (Wildman–Crippen MR) is 137 cm³/mol. The summed E-state index contributed by atoms with van der Waals surface area (Å²) in [5.74, 6) is 0. The second-order valence-corrected chi connectivity index (χ2v) is 19.8. The van der Waals surface area contributed by atoms with Gasteiger partial charge in [0, 0.05) is 0 Å². The number of hydrogen-bond acceptors (Lipinski definition) is 0. The first-order chi connectivity index (χ1) is 13.1. The van der Waals surface area contributed by atoms with Crippen LogP contribution in [0.25, 0.3) is 21.5 Å². The van der Waals surface area contributed by atoms with Crippen molar-refractivity contribution in [2.45, 2.75) is 26.9 Å². The van der Waals surface area contributed by atoms with Crippen LogP contribution >= 0.6 is 63.7 Å². The molecule has 0 fully saturated rings. The molecule has 0 unspecified atom stereocenters. The molecule has 0 aliphatic heterocycles. The number of hydrogen-bond donors (Lipinski definition) is 0. The third-order valence-corrected chi connectivity index (χ3v) is 5.99. The van der Waals surface area contributed by atoms with Crippen LogP contribution < -0.4 is 24.8 Å². The second kappa shape index (κ2) is 14.5. The third-order valence-electron chi connectivity index (χ3n) is 3.76. The van der Waals surface area contributed by atoms with Crippen LogP contribution in [0.4, 0.5) is 0 Å². The van der Waals surface area contributed by atoms with E-state index in [0.717, 1.165) is 17.9 Å². The van der Waals surface area contributed by atoms with Crippen molar-refractivity contribution in [2.75, 3.05) is 0 Å². The molecule has 8 heteroatoms. The zero-order valence-electron chi connectivity index (χ0n) is 16.9. The fourth-order valence-corrected chi connectivity index (χ4v) is 5.53. The Morgan fingerprint density at radius 3 is 1.27 bits per heavy atom. The quantitative estimate of drug-likeness (QED) is 0.189. The van der Waals surface area contributed by atoms with Gasteiger partial charge in [-0.25, -0.2) is 0 Å². The average Bonchev–Trinajstić information content (AvgIpc) is 3.09. The van der Waals surface area contributed by atoms with Crippen LogP contribution in [0.5, 0.6) is 0 Å². The van der Waals surface area contributed by atoms with E-state index in [1.807, 2.05) is 0 Å². The SMILES string of the molecule is C[Si](C)=[Zr+2].Cc1cc2c(Br)cc(Br)cc2[cH-]1.Cc1cc2c(Br)cc(Br)cc2[cH-]1.[Cl-].[Cl-]. The molecule has 0 aliphatic carbocycles. The molecule has 0 saturated heterocycles. The van der Waals surface area contributed by atoms with Crippen molar-refractivity contribution < 1.29 is 48.1 Å². The van der Waals surface area contributed by atoms with E-state index < -0.39 is 0 Å². The molecule has 160 valence electrons. The van der Waals surface area contributed by atoms with Gasteiger partial charge < -0.3 is 24.8 Å². The number of rotatable bonds is 0. The first-order valence-corrected chi connectivity index (χ1v) is 18.0. The summed E-state index contributed by atoms with van der Waals surface area (Å²) >= 11 is 15.7. The molecule has 4 aromatic rings. The molecule has 0 aliphatic rings. The van der Waals surface area contributed by atoms with Crippen LogP contribution in [0.2, 0.25) is 13.1 Å². The summed E-state index contributed by atoms with van der Waals surface area (Å²) in [6.45, 7) is 8.84. The standard InChI is InChI=1S/2C10H7Br2.C2H6Si.2ClH.Zr/c2*1-6-2-7-4-8(11)5-10(12)9(7)3-6;1-3-2;;;/h2*2-5H,1H3;1-2H3;2*1H;/q2*-1;;;;+2/p-2. The molecular weight excluding hydrogens is 774 g/mol. The van der Waals surface area contributed by atoms with E-state index >= 15 is 0 Å². The summed E-state index contributed by atoms with van der Waals surface area (Å²) in [4.78, 5) is 0. The fourth-order valence-electron chi connectivity index (χ4n) is 2.78. The van der Waals surface area contributed by atoms with Crippen LogP contribution in [0, 0.1) is 13.8 Å². The number of halogens is 6. The summed E-state index contributed by atoms with van der Waals surface area (Å²) in [5.41, 5.74) is 2.83. The fraction of sp³-hybridized carbons (Fsp3) is 0.182. The van der Waals surface area contributed by atoms with E-state index in [9.17, 15) is 0 Å². The summed E-state index contributed by atoms with van der Waals surface area (Å²) in [5, 5.41) is 5.15. The molecule has 4 rings (SSSR count). The van der Waals surface area contributed by atoms with Crippen molar-refractivity contribution >= 4 is 90.7 Å². The van der Waals surface area contributed by atoms with Crippen molar-refractivity contribution in [3.05, 3.63) is 77.5 Å². The van der Waals surface area contributed by atoms with Crippen LogP contribution in [-0.4, -0.2) is 5.43 Å². The Kier molecular flexibility index (Phi) is 15.1. The van der Waals surface area contributed by atoms with Crippen molar-refractivity contribution in [3.63, 3.8) is 0 Å². The Balaban J connectivity index is 0.000000452. The van der Waals surface area contributed by atoms with Gasteiger partial charge in [0.25, 0.3) is 0 Å². The molecule has 0 N–H and O–H groups in total. The van der Waals surface area contributed by atoms with E-state index in [1.165, 1.54) is 32.7 Å². The maximum Gasteiger partial charge on any atom is -0.0231 e. The molecule has 0 saturated carbocycles. The molecule has 4 aromatic carbocycles. The molecule has 0 spiro atoms. The summed E-state index contributed by atoms with van der Waals surface area (Å²) in [6, 6.07) is 17.1. The summed E-state index contributed by atoms with van der Waals surface area (Å²) in [6.07, 6.45) is 0. The summed E-state index contributed by atoms with van der Waals surface area (Å²) in [7, 11) is 0. The topological polar surface area (TPSA) is 0 Å². The van der Waals surface area contributed by atoms with Gasteiger partial charge in [0.05, 0.1) is 0 Å². The first kappa shape index (κ1) is 31.3. The van der Waals surface area contributed by atoms with Crippen molar-refractivity contribution in [1.82, 2.24) is 0 Å². The van der Waals surface area contributed by atoms with E-state index in [-0.39, 0.29) is 30.2 Å². The Morgan fingerprint density at radius 2 is 0.967 bits per heavy atom. The predicted octanol–water partition coefficient (Wildman–Crippen LogP) is 3.58. The molecular formula is C22H20Br4Cl2SiZr-2. The molecule has 0 heterocycles. The van der Waals surface area contributed by atoms with E-state index in [2.05, 4.69) is 139 Å². The van der Waals surface area contributed by atoms with Gasteiger partial charge in [0.2, 0.25) is 0 Å². The van der Waals surface area contributed by atoms with E-state index in [1.54, 1.807) is 23.3 Å². The van der Waals surface area contributed by atoms with Gasteiger partial charge in [-0.2, -0.15) is 12.1 Å². The number of aryl methyl sites for hydroxylation is 2. The Morgan fingerprint density at radius 1 is 0.667 bits per heavy atom. The molecule has 0 radical (unpaired) electrons. The minimum atomic E-state index is 0. The largest absolute Gasteiger partial charge is 1.00 e. The van der Waals surface area contributed by atoms with E-state index in [0.29, 0.717) is 0 Å². The molecule has 30 heavy (non-hydrogen) atoms. The van der Waals surface area contributed by atoms with Gasteiger partial charge in [-0.05, 0) is 17.9 Å². The minimum absolute atomic E-state index is 0. The summed E-state index contributed by atoms with van der Waals surface area (Å²) < 4.78 is 4.54. The number of benzene rings is 2. The zero-order valence-corrected chi connectivity index (χ0v) is 28.2. The molecule has 0 amide bonds. The molecule has 0 nitrogen and oxygen atoms in total. The van der Waals surface area contributed by atoms with Crippen LogP contribution in [0.3, 0.4) is 0 Å². The van der Waals surface area contributed by atoms with Crippen molar-refractivity contribution in [3.8, 4) is 0 Å². The number of fused-ring (bicyclic) bond motifs is 2. The Bertz CT molecular complexity index is 1050. The van der Waals surface area contributed by atoms with Crippen LogP contribution in [-0.2, 0) is 23.3 Å².